The number of methoxy groups -OCH3 is 1. The molecule has 0 bridgehead atoms. The topological polar surface area (TPSA) is 95.0 Å². The average Bonchev–Trinajstić information content (AvgIpc) is 2.78. The number of aromatic nitrogens is 1. The molecule has 0 fully saturated rings. The van der Waals surface area contributed by atoms with E-state index in [1.807, 2.05) is 0 Å². The molecule has 0 spiro atoms. The molecule has 2 unspecified atom stereocenters. The Bertz CT molecular complexity index is 1220. The van der Waals surface area contributed by atoms with Crippen LogP contribution >= 0.6 is 11.6 Å². The maximum atomic E-state index is 14.7. The number of ether oxygens (including phenoxy) is 3. The van der Waals surface area contributed by atoms with Crippen LogP contribution in [0.2, 0.25) is 5.02 Å². The Balaban J connectivity index is 1.99. The van der Waals surface area contributed by atoms with Crippen molar-refractivity contribution in [1.82, 2.24) is 4.98 Å². The third kappa shape index (κ3) is 5.37. The van der Waals surface area contributed by atoms with Gasteiger partial charge in [-0.25, -0.2) is 19.1 Å². The molecule has 1 aromatic carbocycles. The monoisotopic (exact) mass is 516 g/mol. The predicted molar refractivity (Wildman–Crippen MR) is 114 cm³/mol. The summed E-state index contributed by atoms with van der Waals surface area (Å²) in [5.41, 5.74) is -2.01. The van der Waals surface area contributed by atoms with Crippen molar-refractivity contribution >= 4 is 35.1 Å². The Labute approximate surface area is 201 Å². The summed E-state index contributed by atoms with van der Waals surface area (Å²) in [5, 5.41) is -0.293. The number of carbonyl (C=O) groups is 3. The van der Waals surface area contributed by atoms with Crippen LogP contribution in [0.4, 0.5) is 23.2 Å². The van der Waals surface area contributed by atoms with Gasteiger partial charge in [-0.15, -0.1) is 0 Å². The predicted octanol–water partition coefficient (Wildman–Crippen LogP) is 4.60. The van der Waals surface area contributed by atoms with Crippen LogP contribution in [0.15, 0.2) is 42.1 Å². The van der Waals surface area contributed by atoms with E-state index >= 15 is 0 Å². The molecule has 0 N–H and O–H groups in total. The number of alkyl halides is 3. The van der Waals surface area contributed by atoms with Crippen molar-refractivity contribution < 1.29 is 46.2 Å². The first-order chi connectivity index (χ1) is 16.3. The number of pyridine rings is 1. The largest absolute Gasteiger partial charge is 0.466 e. The van der Waals surface area contributed by atoms with Gasteiger partial charge in [0, 0.05) is 18.3 Å². The zero-order chi connectivity index (χ0) is 26.1. The van der Waals surface area contributed by atoms with E-state index < -0.39 is 53.1 Å². The van der Waals surface area contributed by atoms with Gasteiger partial charge in [-0.1, -0.05) is 11.6 Å². The summed E-state index contributed by atoms with van der Waals surface area (Å²) in [6.07, 6.45) is -4.42. The molecule has 0 saturated carbocycles. The highest BCUT2D eigenvalue weighted by atomic mass is 35.5. The Morgan fingerprint density at radius 1 is 1.23 bits per heavy atom. The minimum Gasteiger partial charge on any atom is -0.466 e. The highest BCUT2D eigenvalue weighted by Crippen LogP contribution is 2.41. The molecule has 2 atom stereocenters. The van der Waals surface area contributed by atoms with Crippen molar-refractivity contribution in [2.75, 3.05) is 12.0 Å². The molecule has 8 nitrogen and oxygen atoms in total. The van der Waals surface area contributed by atoms with Gasteiger partial charge in [0.05, 0.1) is 29.3 Å². The van der Waals surface area contributed by atoms with E-state index in [0.717, 1.165) is 26.2 Å². The van der Waals surface area contributed by atoms with Gasteiger partial charge >= 0.3 is 12.1 Å². The zero-order valence-corrected chi connectivity index (χ0v) is 19.1. The van der Waals surface area contributed by atoms with Gasteiger partial charge in [0.1, 0.15) is 11.6 Å². The number of imide groups is 1. The van der Waals surface area contributed by atoms with E-state index in [-0.39, 0.29) is 33.4 Å². The summed E-state index contributed by atoms with van der Waals surface area (Å²) in [6, 6.07) is 4.44. The quantitative estimate of drug-likeness (QED) is 0.314. The first-order valence-electron chi connectivity index (χ1n) is 9.88. The van der Waals surface area contributed by atoms with Crippen LogP contribution in [0.3, 0.4) is 0 Å². The van der Waals surface area contributed by atoms with Crippen LogP contribution < -0.4 is 14.4 Å². The number of rotatable bonds is 6. The summed E-state index contributed by atoms with van der Waals surface area (Å²) in [6.45, 7) is 2.35. The molecule has 0 saturated heterocycles. The third-order valence-corrected chi connectivity index (χ3v) is 5.20. The lowest BCUT2D eigenvalue weighted by molar-refractivity contribution is -0.148. The van der Waals surface area contributed by atoms with E-state index in [9.17, 15) is 31.9 Å². The number of nitrogens with zero attached hydrogens (tertiary/aromatic N) is 2. The van der Waals surface area contributed by atoms with Crippen molar-refractivity contribution in [3.8, 4) is 17.4 Å². The van der Waals surface area contributed by atoms with Crippen molar-refractivity contribution in [2.24, 2.45) is 5.92 Å². The second kappa shape index (κ2) is 9.90. The van der Waals surface area contributed by atoms with Crippen LogP contribution in [-0.4, -0.2) is 42.2 Å². The van der Waals surface area contributed by atoms with Crippen LogP contribution in [0.5, 0.6) is 17.4 Å². The first-order valence-corrected chi connectivity index (χ1v) is 10.3. The summed E-state index contributed by atoms with van der Waals surface area (Å²) in [7, 11) is 1.16. The lowest BCUT2D eigenvalue weighted by Gasteiger charge is -2.30. The highest BCUT2D eigenvalue weighted by Gasteiger charge is 2.46. The minimum absolute atomic E-state index is 0.0772. The van der Waals surface area contributed by atoms with Crippen LogP contribution in [0.25, 0.3) is 0 Å². The van der Waals surface area contributed by atoms with E-state index in [1.54, 1.807) is 0 Å². The number of hydrogen-bond donors (Lipinski definition) is 0. The van der Waals surface area contributed by atoms with E-state index in [1.165, 1.54) is 25.3 Å². The van der Waals surface area contributed by atoms with Crippen LogP contribution in [0.1, 0.15) is 13.8 Å². The van der Waals surface area contributed by atoms with E-state index in [0.29, 0.717) is 0 Å². The number of benzene rings is 1. The first kappa shape index (κ1) is 25.9. The lowest BCUT2D eigenvalue weighted by atomic mass is 9.94. The molecular weight excluding hydrogens is 500 g/mol. The Kier molecular flexibility index (Phi) is 7.34. The maximum absolute atomic E-state index is 14.7. The van der Waals surface area contributed by atoms with Gasteiger partial charge in [0.15, 0.2) is 11.9 Å². The zero-order valence-electron chi connectivity index (χ0n) is 18.4. The van der Waals surface area contributed by atoms with Crippen molar-refractivity contribution in [3.05, 3.63) is 53.0 Å². The molecule has 35 heavy (non-hydrogen) atoms. The fraction of sp³-hybridized carbons (Fsp3) is 0.273. The second-order valence-electron chi connectivity index (χ2n) is 7.26. The Morgan fingerprint density at radius 3 is 2.54 bits per heavy atom. The van der Waals surface area contributed by atoms with Gasteiger partial charge in [-0.2, -0.15) is 13.2 Å². The number of carbonyl (C=O) groups excluding carboxylic acids is 3. The fourth-order valence-electron chi connectivity index (χ4n) is 3.13. The maximum Gasteiger partial charge on any atom is 0.413 e. The molecule has 1 aliphatic rings. The minimum atomic E-state index is -4.91. The molecule has 13 heteroatoms. The highest BCUT2D eigenvalue weighted by molar-refractivity contribution is 6.32. The lowest BCUT2D eigenvalue weighted by Crippen LogP contribution is -2.46. The SMILES string of the molecule is COC(=O)C(C)Oc1ncccc1Oc1cc(N2C(=O)C=C(C(F)(F)F)C(C)C2=O)c(F)cc1Cl. The van der Waals surface area contributed by atoms with Crippen LogP contribution in [0, 0.1) is 11.7 Å². The molecular formula is C22H17ClF4N2O6. The second-order valence-corrected chi connectivity index (χ2v) is 7.66. The average molecular weight is 517 g/mol. The number of esters is 1. The normalized spacial score (nSPS) is 17.1. The van der Waals surface area contributed by atoms with Gasteiger partial charge in [-0.05, 0) is 32.0 Å². The van der Waals surface area contributed by atoms with Gasteiger partial charge in [0.25, 0.3) is 11.8 Å². The summed E-state index contributed by atoms with van der Waals surface area (Å²) < 4.78 is 69.8. The smallest absolute Gasteiger partial charge is 0.413 e. The molecule has 0 radical (unpaired) electrons. The molecule has 2 aromatic rings. The summed E-state index contributed by atoms with van der Waals surface area (Å²) in [5.74, 6) is -6.79. The molecule has 186 valence electrons. The summed E-state index contributed by atoms with van der Waals surface area (Å²) in [4.78, 5) is 40.9. The molecule has 1 aliphatic heterocycles. The van der Waals surface area contributed by atoms with E-state index in [4.69, 9.17) is 21.1 Å². The van der Waals surface area contributed by atoms with Crippen molar-refractivity contribution in [1.29, 1.82) is 0 Å². The van der Waals surface area contributed by atoms with Crippen molar-refractivity contribution in [2.45, 2.75) is 26.1 Å². The molecule has 2 amide bonds. The van der Waals surface area contributed by atoms with Gasteiger partial charge < -0.3 is 14.2 Å². The summed E-state index contributed by atoms with van der Waals surface area (Å²) >= 11 is 6.06. The Hall–Kier alpha value is -3.67. The number of halogens is 5. The van der Waals surface area contributed by atoms with Gasteiger partial charge in [-0.3, -0.25) is 9.59 Å². The van der Waals surface area contributed by atoms with Crippen molar-refractivity contribution in [3.63, 3.8) is 0 Å². The Morgan fingerprint density at radius 2 is 1.91 bits per heavy atom. The molecule has 3 rings (SSSR count). The molecule has 2 heterocycles. The number of hydrogen-bond acceptors (Lipinski definition) is 7. The molecule has 0 aliphatic carbocycles. The van der Waals surface area contributed by atoms with Gasteiger partial charge in [0.2, 0.25) is 5.91 Å². The number of anilines is 1. The third-order valence-electron chi connectivity index (χ3n) is 4.90. The fourth-order valence-corrected chi connectivity index (χ4v) is 3.32. The van der Waals surface area contributed by atoms with Crippen LogP contribution in [-0.2, 0) is 19.1 Å². The number of amides is 2. The van der Waals surface area contributed by atoms with E-state index in [2.05, 4.69) is 9.72 Å². The standard InChI is InChI=1S/C22H17ClF4N2O6/c1-10-12(22(25,26)27)7-18(30)29(20(10)31)15-9-17(13(23)8-14(15)24)35-16-5-4-6-28-19(16)34-11(2)21(32)33-3/h4-11H,1-3H3. The molecule has 1 aromatic heterocycles.